The van der Waals surface area contributed by atoms with E-state index in [4.69, 9.17) is 11.6 Å². The quantitative estimate of drug-likeness (QED) is 0.908. The van der Waals surface area contributed by atoms with Gasteiger partial charge in [0.1, 0.15) is 5.82 Å². The second-order valence-electron chi connectivity index (χ2n) is 5.29. The monoisotopic (exact) mass is 270 g/mol. The van der Waals surface area contributed by atoms with Gasteiger partial charge in [0.25, 0.3) is 0 Å². The molecule has 18 heavy (non-hydrogen) atoms. The van der Waals surface area contributed by atoms with E-state index < -0.39 is 0 Å². The Balaban J connectivity index is 2.07. The van der Waals surface area contributed by atoms with Gasteiger partial charge in [-0.15, -0.1) is 0 Å². The first-order valence-electron chi connectivity index (χ1n) is 6.44. The number of halogens is 2. The smallest absolute Gasteiger partial charge is 0.123 e. The predicted molar refractivity (Wildman–Crippen MR) is 73.4 cm³/mol. The molecule has 1 saturated heterocycles. The summed E-state index contributed by atoms with van der Waals surface area (Å²) in [7, 11) is 0. The maximum atomic E-state index is 13.2. The lowest BCUT2D eigenvalue weighted by Crippen LogP contribution is -2.58. The molecule has 1 aromatic rings. The van der Waals surface area contributed by atoms with E-state index in [-0.39, 0.29) is 11.4 Å². The fraction of sp³-hybridized carbons (Fsp3) is 0.571. The van der Waals surface area contributed by atoms with Gasteiger partial charge in [-0.2, -0.15) is 0 Å². The second kappa shape index (κ2) is 5.55. The fourth-order valence-electron chi connectivity index (χ4n) is 2.42. The Labute approximate surface area is 113 Å². The second-order valence-corrected chi connectivity index (χ2v) is 5.69. The summed E-state index contributed by atoms with van der Waals surface area (Å²) in [5.41, 5.74) is 1.02. The van der Waals surface area contributed by atoms with Crippen molar-refractivity contribution in [3.05, 3.63) is 34.6 Å². The van der Waals surface area contributed by atoms with E-state index in [0.717, 1.165) is 31.6 Å². The largest absolute Gasteiger partial charge is 0.309 e. The van der Waals surface area contributed by atoms with Gasteiger partial charge in [0.15, 0.2) is 0 Å². The highest BCUT2D eigenvalue weighted by Crippen LogP contribution is 2.22. The van der Waals surface area contributed by atoms with Crippen LogP contribution in [0.5, 0.6) is 0 Å². The average molecular weight is 271 g/mol. The average Bonchev–Trinajstić information content (AvgIpc) is 2.34. The van der Waals surface area contributed by atoms with Crippen molar-refractivity contribution in [3.63, 3.8) is 0 Å². The van der Waals surface area contributed by atoms with Gasteiger partial charge in [-0.25, -0.2) is 4.39 Å². The van der Waals surface area contributed by atoms with Crippen molar-refractivity contribution in [3.8, 4) is 0 Å². The van der Waals surface area contributed by atoms with Crippen molar-refractivity contribution < 1.29 is 4.39 Å². The first kappa shape index (κ1) is 13.8. The molecular formula is C14H20ClFN2. The maximum absolute atomic E-state index is 13.2. The number of benzene rings is 1. The van der Waals surface area contributed by atoms with Crippen LogP contribution in [0.1, 0.15) is 25.8 Å². The first-order valence-corrected chi connectivity index (χ1v) is 6.81. The lowest BCUT2D eigenvalue weighted by atomic mass is 9.95. The minimum absolute atomic E-state index is 0.151. The molecule has 1 aromatic carbocycles. The summed E-state index contributed by atoms with van der Waals surface area (Å²) in [6.45, 7) is 8.04. The maximum Gasteiger partial charge on any atom is 0.123 e. The van der Waals surface area contributed by atoms with E-state index in [1.54, 1.807) is 6.07 Å². The molecule has 2 rings (SSSR count). The molecule has 0 amide bonds. The molecule has 1 N–H and O–H groups in total. The van der Waals surface area contributed by atoms with Gasteiger partial charge in [-0.1, -0.05) is 18.5 Å². The van der Waals surface area contributed by atoms with Crippen LogP contribution in [0.15, 0.2) is 18.2 Å². The molecule has 0 spiro atoms. The molecule has 1 atom stereocenters. The van der Waals surface area contributed by atoms with Crippen molar-refractivity contribution in [1.82, 2.24) is 10.2 Å². The SMILES string of the molecule is CCC1(C)CN(Cc2cc(F)ccc2Cl)CCN1. The van der Waals surface area contributed by atoms with Gasteiger partial charge in [0.05, 0.1) is 0 Å². The molecule has 0 saturated carbocycles. The minimum Gasteiger partial charge on any atom is -0.309 e. The van der Waals surface area contributed by atoms with Crippen LogP contribution in [-0.2, 0) is 6.54 Å². The van der Waals surface area contributed by atoms with Crippen LogP contribution in [0.4, 0.5) is 4.39 Å². The summed E-state index contributed by atoms with van der Waals surface area (Å²) in [6.07, 6.45) is 1.08. The van der Waals surface area contributed by atoms with Gasteiger partial charge in [0.2, 0.25) is 0 Å². The topological polar surface area (TPSA) is 15.3 Å². The number of hydrogen-bond donors (Lipinski definition) is 1. The number of nitrogens with zero attached hydrogens (tertiary/aromatic N) is 1. The van der Waals surface area contributed by atoms with Crippen LogP contribution < -0.4 is 5.32 Å². The van der Waals surface area contributed by atoms with Crippen LogP contribution >= 0.6 is 11.6 Å². The van der Waals surface area contributed by atoms with Crippen molar-refractivity contribution >= 4 is 11.6 Å². The van der Waals surface area contributed by atoms with Crippen LogP contribution in [0.3, 0.4) is 0 Å². The van der Waals surface area contributed by atoms with Crippen molar-refractivity contribution in [2.45, 2.75) is 32.4 Å². The number of piperazine rings is 1. The summed E-state index contributed by atoms with van der Waals surface area (Å²) in [4.78, 5) is 2.33. The Bertz CT molecular complexity index is 424. The van der Waals surface area contributed by atoms with Crippen molar-refractivity contribution in [2.75, 3.05) is 19.6 Å². The normalized spacial score (nSPS) is 25.3. The molecule has 2 nitrogen and oxygen atoms in total. The van der Waals surface area contributed by atoms with Crippen LogP contribution in [0.25, 0.3) is 0 Å². The number of hydrogen-bond acceptors (Lipinski definition) is 2. The highest BCUT2D eigenvalue weighted by molar-refractivity contribution is 6.31. The lowest BCUT2D eigenvalue weighted by molar-refractivity contribution is 0.133. The van der Waals surface area contributed by atoms with Gasteiger partial charge in [-0.05, 0) is 37.1 Å². The first-order chi connectivity index (χ1) is 8.52. The molecule has 0 bridgehead atoms. The molecule has 0 radical (unpaired) electrons. The minimum atomic E-state index is -0.220. The zero-order valence-corrected chi connectivity index (χ0v) is 11.7. The molecule has 1 unspecified atom stereocenters. The Morgan fingerprint density at radius 1 is 1.50 bits per heavy atom. The van der Waals surface area contributed by atoms with E-state index in [2.05, 4.69) is 24.1 Å². The highest BCUT2D eigenvalue weighted by atomic mass is 35.5. The molecule has 1 aliphatic rings. The molecular weight excluding hydrogens is 251 g/mol. The molecule has 1 aliphatic heterocycles. The lowest BCUT2D eigenvalue weighted by Gasteiger charge is -2.41. The summed E-state index contributed by atoms with van der Waals surface area (Å²) < 4.78 is 13.2. The molecule has 4 heteroatoms. The van der Waals surface area contributed by atoms with E-state index >= 15 is 0 Å². The highest BCUT2D eigenvalue weighted by Gasteiger charge is 2.28. The van der Waals surface area contributed by atoms with E-state index in [0.29, 0.717) is 11.6 Å². The van der Waals surface area contributed by atoms with Crippen molar-refractivity contribution in [2.24, 2.45) is 0 Å². The van der Waals surface area contributed by atoms with Gasteiger partial charge < -0.3 is 5.32 Å². The molecule has 100 valence electrons. The Hall–Kier alpha value is -0.640. The summed E-state index contributed by atoms with van der Waals surface area (Å²) in [5, 5.41) is 4.18. The summed E-state index contributed by atoms with van der Waals surface area (Å²) in [5.74, 6) is -0.220. The van der Waals surface area contributed by atoms with Gasteiger partial charge in [-0.3, -0.25) is 4.90 Å². The van der Waals surface area contributed by atoms with Gasteiger partial charge in [0, 0.05) is 36.7 Å². The zero-order valence-electron chi connectivity index (χ0n) is 11.0. The van der Waals surface area contributed by atoms with E-state index in [1.807, 2.05) is 0 Å². The third-order valence-corrected chi connectivity index (χ3v) is 4.10. The van der Waals surface area contributed by atoms with Crippen LogP contribution in [0, 0.1) is 5.82 Å². The molecule has 0 aromatic heterocycles. The third kappa shape index (κ3) is 3.22. The Morgan fingerprint density at radius 3 is 3.00 bits per heavy atom. The third-order valence-electron chi connectivity index (χ3n) is 3.73. The van der Waals surface area contributed by atoms with Crippen LogP contribution in [-0.4, -0.2) is 30.1 Å². The molecule has 1 heterocycles. The Morgan fingerprint density at radius 2 is 2.28 bits per heavy atom. The summed E-state index contributed by atoms with van der Waals surface area (Å²) in [6, 6.07) is 4.57. The molecule has 1 fully saturated rings. The predicted octanol–water partition coefficient (Wildman–Crippen LogP) is 3.05. The van der Waals surface area contributed by atoms with Crippen molar-refractivity contribution in [1.29, 1.82) is 0 Å². The standard InChI is InChI=1S/C14H20ClFN2/c1-3-14(2)10-18(7-6-17-14)9-11-8-12(16)4-5-13(11)15/h4-5,8,17H,3,6-7,9-10H2,1-2H3. The number of nitrogens with one attached hydrogen (secondary N) is 1. The summed E-state index contributed by atoms with van der Waals surface area (Å²) >= 11 is 6.11. The van der Waals surface area contributed by atoms with Gasteiger partial charge >= 0.3 is 0 Å². The van der Waals surface area contributed by atoms with Crippen LogP contribution in [0.2, 0.25) is 5.02 Å². The zero-order chi connectivity index (χ0) is 13.2. The van der Waals surface area contributed by atoms with E-state index in [9.17, 15) is 4.39 Å². The Kier molecular flexibility index (Phi) is 4.25. The molecule has 0 aliphatic carbocycles. The fourth-order valence-corrected chi connectivity index (χ4v) is 2.60. The van der Waals surface area contributed by atoms with E-state index in [1.165, 1.54) is 12.1 Å². The number of rotatable bonds is 3.